The molecule has 116 valence electrons. The Morgan fingerprint density at radius 3 is 2.75 bits per heavy atom. The summed E-state index contributed by atoms with van der Waals surface area (Å²) < 4.78 is 22.2. The standard InChI is InChI=1S/C20H14FN2O/c1-12-10-14-18(11-13(12)17-6-4-5-9-23(17)3)24-20-16(22-2)8-7-15(21)19(14)20/h4-11H,1,3H3/q+1. The highest BCUT2D eigenvalue weighted by molar-refractivity contribution is 6.10. The van der Waals surface area contributed by atoms with Crippen molar-refractivity contribution in [1.29, 1.82) is 0 Å². The van der Waals surface area contributed by atoms with Crippen molar-refractivity contribution < 1.29 is 13.4 Å². The van der Waals surface area contributed by atoms with Crippen LogP contribution in [0.2, 0.25) is 0 Å². The molecule has 2 aromatic carbocycles. The van der Waals surface area contributed by atoms with E-state index < -0.39 is 0 Å². The largest absolute Gasteiger partial charge is 0.467 e. The number of hydrogen-bond donors (Lipinski definition) is 0. The Labute approximate surface area is 138 Å². The van der Waals surface area contributed by atoms with Gasteiger partial charge in [-0.05, 0) is 42.8 Å². The summed E-state index contributed by atoms with van der Waals surface area (Å²) in [5.41, 5.74) is 4.32. The molecule has 0 spiro atoms. The van der Waals surface area contributed by atoms with Gasteiger partial charge in [0.1, 0.15) is 24.0 Å². The molecule has 0 aliphatic heterocycles. The minimum Gasteiger partial charge on any atom is -0.467 e. The van der Waals surface area contributed by atoms with Gasteiger partial charge < -0.3 is 4.42 Å². The number of benzene rings is 2. The highest BCUT2D eigenvalue weighted by Crippen LogP contribution is 2.39. The molecule has 4 heteroatoms. The Morgan fingerprint density at radius 1 is 1.17 bits per heavy atom. The van der Waals surface area contributed by atoms with Crippen LogP contribution in [0.5, 0.6) is 0 Å². The first-order chi connectivity index (χ1) is 11.6. The smallest absolute Gasteiger partial charge is 0.229 e. The average Bonchev–Trinajstić information content (AvgIpc) is 2.94. The van der Waals surface area contributed by atoms with Crippen molar-refractivity contribution in [1.82, 2.24) is 0 Å². The van der Waals surface area contributed by atoms with Crippen LogP contribution in [0.4, 0.5) is 10.1 Å². The van der Waals surface area contributed by atoms with E-state index in [1.807, 2.05) is 55.1 Å². The van der Waals surface area contributed by atoms with Gasteiger partial charge >= 0.3 is 0 Å². The number of pyridine rings is 1. The molecular formula is C20H14FN2O+. The van der Waals surface area contributed by atoms with E-state index in [0.717, 1.165) is 16.8 Å². The monoisotopic (exact) mass is 317 g/mol. The van der Waals surface area contributed by atoms with E-state index in [-0.39, 0.29) is 5.82 Å². The highest BCUT2D eigenvalue weighted by Gasteiger charge is 2.19. The summed E-state index contributed by atoms with van der Waals surface area (Å²) >= 11 is 0. The summed E-state index contributed by atoms with van der Waals surface area (Å²) in [7, 11) is 1.98. The second-order valence-electron chi connectivity index (χ2n) is 5.84. The summed E-state index contributed by atoms with van der Waals surface area (Å²) in [6.45, 7) is 9.25. The van der Waals surface area contributed by atoms with Gasteiger partial charge in [-0.3, -0.25) is 0 Å². The lowest BCUT2D eigenvalue weighted by Gasteiger charge is -2.04. The van der Waals surface area contributed by atoms with Crippen molar-refractivity contribution in [3.05, 3.63) is 71.5 Å². The van der Waals surface area contributed by atoms with Gasteiger partial charge in [-0.15, -0.1) is 0 Å². The third-order valence-electron chi connectivity index (χ3n) is 4.35. The van der Waals surface area contributed by atoms with Crippen molar-refractivity contribution in [2.45, 2.75) is 6.92 Å². The fourth-order valence-electron chi connectivity index (χ4n) is 3.15. The van der Waals surface area contributed by atoms with Crippen LogP contribution >= 0.6 is 0 Å². The first-order valence-electron chi connectivity index (χ1n) is 7.58. The number of rotatable bonds is 1. The molecule has 4 rings (SSSR count). The molecule has 0 saturated heterocycles. The first-order valence-corrected chi connectivity index (χ1v) is 7.58. The van der Waals surface area contributed by atoms with E-state index in [9.17, 15) is 4.39 Å². The Bertz CT molecular complexity index is 1150. The first kappa shape index (κ1) is 14.4. The lowest BCUT2D eigenvalue weighted by atomic mass is 10.0. The summed E-state index contributed by atoms with van der Waals surface area (Å²) in [6.07, 6.45) is 1.98. The summed E-state index contributed by atoms with van der Waals surface area (Å²) in [4.78, 5) is 3.44. The number of furan rings is 1. The predicted molar refractivity (Wildman–Crippen MR) is 91.3 cm³/mol. The maximum absolute atomic E-state index is 14.3. The highest BCUT2D eigenvalue weighted by atomic mass is 19.1. The molecule has 2 aromatic heterocycles. The molecule has 0 N–H and O–H groups in total. The normalized spacial score (nSPS) is 11.1. The second kappa shape index (κ2) is 5.17. The van der Waals surface area contributed by atoms with Gasteiger partial charge in [0.05, 0.1) is 17.5 Å². The number of aryl methyl sites for hydroxylation is 2. The Kier molecular flexibility index (Phi) is 3.10. The SMILES string of the molecule is [C-]#[N+]c1ccc(F)c2c1oc1cc(-c3cccc[n+]3C)c(C)cc12. The Morgan fingerprint density at radius 2 is 2.00 bits per heavy atom. The molecule has 0 amide bonds. The second-order valence-corrected chi connectivity index (χ2v) is 5.84. The lowest BCUT2D eigenvalue weighted by Crippen LogP contribution is -2.30. The van der Waals surface area contributed by atoms with Crippen LogP contribution < -0.4 is 4.57 Å². The maximum Gasteiger partial charge on any atom is 0.229 e. The van der Waals surface area contributed by atoms with E-state index >= 15 is 0 Å². The van der Waals surface area contributed by atoms with E-state index in [1.165, 1.54) is 12.1 Å². The zero-order valence-corrected chi connectivity index (χ0v) is 13.3. The zero-order chi connectivity index (χ0) is 16.8. The maximum atomic E-state index is 14.3. The summed E-state index contributed by atoms with van der Waals surface area (Å²) in [6, 6.07) is 12.6. The van der Waals surface area contributed by atoms with Crippen LogP contribution in [-0.2, 0) is 7.05 Å². The van der Waals surface area contributed by atoms with E-state index in [0.29, 0.717) is 27.6 Å². The van der Waals surface area contributed by atoms with Crippen molar-refractivity contribution in [3.8, 4) is 11.3 Å². The van der Waals surface area contributed by atoms with E-state index in [2.05, 4.69) is 4.85 Å². The average molecular weight is 317 g/mol. The topological polar surface area (TPSA) is 21.4 Å². The lowest BCUT2D eigenvalue weighted by molar-refractivity contribution is -0.660. The van der Waals surface area contributed by atoms with Gasteiger partial charge in [0, 0.05) is 17.5 Å². The summed E-state index contributed by atoms with van der Waals surface area (Å²) in [5.74, 6) is -0.367. The zero-order valence-electron chi connectivity index (χ0n) is 13.3. The Hall–Kier alpha value is -3.19. The van der Waals surface area contributed by atoms with Gasteiger partial charge in [-0.25, -0.2) is 13.8 Å². The van der Waals surface area contributed by atoms with Gasteiger partial charge in [0.2, 0.25) is 11.4 Å². The number of nitrogens with zero attached hydrogens (tertiary/aromatic N) is 2. The van der Waals surface area contributed by atoms with Crippen LogP contribution in [0.15, 0.2) is 53.1 Å². The van der Waals surface area contributed by atoms with Gasteiger partial charge in [-0.1, -0.05) is 0 Å². The van der Waals surface area contributed by atoms with Gasteiger partial charge in [-0.2, -0.15) is 0 Å². The van der Waals surface area contributed by atoms with Gasteiger partial charge in [0.15, 0.2) is 6.20 Å². The third kappa shape index (κ3) is 1.99. The molecule has 0 bridgehead atoms. The van der Waals surface area contributed by atoms with E-state index in [4.69, 9.17) is 11.0 Å². The van der Waals surface area contributed by atoms with Crippen molar-refractivity contribution >= 4 is 27.6 Å². The number of hydrogen-bond acceptors (Lipinski definition) is 1. The molecule has 3 nitrogen and oxygen atoms in total. The molecule has 0 radical (unpaired) electrons. The molecule has 0 fully saturated rings. The van der Waals surface area contributed by atoms with E-state index in [1.54, 1.807) is 0 Å². The van der Waals surface area contributed by atoms with Crippen LogP contribution in [0, 0.1) is 19.3 Å². The number of halogens is 1. The molecule has 0 unspecified atom stereocenters. The molecule has 0 saturated carbocycles. The Balaban J connectivity index is 2.10. The van der Waals surface area contributed by atoms with Crippen molar-refractivity contribution in [2.24, 2.45) is 7.05 Å². The fourth-order valence-corrected chi connectivity index (χ4v) is 3.15. The van der Waals surface area contributed by atoms with Crippen molar-refractivity contribution in [2.75, 3.05) is 0 Å². The quantitative estimate of drug-likeness (QED) is 0.354. The van der Waals surface area contributed by atoms with Crippen molar-refractivity contribution in [3.63, 3.8) is 0 Å². The third-order valence-corrected chi connectivity index (χ3v) is 4.35. The number of fused-ring (bicyclic) bond motifs is 3. The molecular weight excluding hydrogens is 303 g/mol. The van der Waals surface area contributed by atoms with Crippen LogP contribution in [-0.4, -0.2) is 0 Å². The molecule has 24 heavy (non-hydrogen) atoms. The minimum atomic E-state index is -0.367. The minimum absolute atomic E-state index is 0.314. The van der Waals surface area contributed by atoms with Gasteiger partial charge in [0.25, 0.3) is 0 Å². The molecule has 0 aliphatic carbocycles. The molecule has 0 atom stereocenters. The van der Waals surface area contributed by atoms with Crippen LogP contribution in [0.1, 0.15) is 5.56 Å². The van der Waals surface area contributed by atoms with Crippen LogP contribution in [0.25, 0.3) is 38.0 Å². The molecule has 4 aromatic rings. The fraction of sp³-hybridized carbons (Fsp3) is 0.100. The number of aromatic nitrogens is 1. The summed E-state index contributed by atoms with van der Waals surface area (Å²) in [5, 5.41) is 1.08. The molecule has 0 aliphatic rings. The van der Waals surface area contributed by atoms with Crippen LogP contribution in [0.3, 0.4) is 0 Å². The molecule has 2 heterocycles. The predicted octanol–water partition coefficient (Wildman–Crippen LogP) is 5.08.